The highest BCUT2D eigenvalue weighted by Gasteiger charge is 2.13. The molecule has 0 fully saturated rings. The van der Waals surface area contributed by atoms with Crippen LogP contribution >= 0.6 is 0 Å². The molecule has 1 aliphatic rings. The van der Waals surface area contributed by atoms with Crippen molar-refractivity contribution in [2.45, 2.75) is 19.4 Å². The zero-order chi connectivity index (χ0) is 12.8. The topological polar surface area (TPSA) is 108 Å². The molecular weight excluding hydrogens is 232 g/mol. The quantitative estimate of drug-likeness (QED) is 0.236. The summed E-state index contributed by atoms with van der Waals surface area (Å²) in [5.41, 5.74) is 22.9. The van der Waals surface area contributed by atoms with Gasteiger partial charge in [0.1, 0.15) is 5.75 Å². The Labute approximate surface area is 105 Å². The number of nitrogens with zero attached hydrogens (tertiary/aromatic N) is 3. The van der Waals surface area contributed by atoms with E-state index in [0.29, 0.717) is 24.6 Å². The lowest BCUT2D eigenvalue weighted by Gasteiger charge is -2.10. The van der Waals surface area contributed by atoms with E-state index in [0.717, 1.165) is 30.6 Å². The number of fused-ring (bicyclic) bond motifs is 1. The number of ether oxygens (including phenoxy) is 1. The number of nitrogens with one attached hydrogen (secondary N) is 2. The fourth-order valence-corrected chi connectivity index (χ4v) is 1.78. The number of rotatable bonds is 6. The van der Waals surface area contributed by atoms with Gasteiger partial charge in [-0.1, -0.05) is 5.11 Å². The van der Waals surface area contributed by atoms with Gasteiger partial charge in [0.2, 0.25) is 0 Å². The Morgan fingerprint density at radius 1 is 1.44 bits per heavy atom. The van der Waals surface area contributed by atoms with Gasteiger partial charge in [0.15, 0.2) is 0 Å². The van der Waals surface area contributed by atoms with E-state index >= 15 is 0 Å². The van der Waals surface area contributed by atoms with Gasteiger partial charge in [0.25, 0.3) is 0 Å². The molecule has 0 saturated carbocycles. The minimum absolute atomic E-state index is 0.505. The number of anilines is 2. The minimum Gasteiger partial charge on any atom is -0.491 e. The smallest absolute Gasteiger partial charge is 0.144 e. The minimum atomic E-state index is 0.505. The zero-order valence-electron chi connectivity index (χ0n) is 10.0. The van der Waals surface area contributed by atoms with Crippen LogP contribution in [0, 0.1) is 0 Å². The SMILES string of the molecule is [N-]=[N+]=NCCCCOc1cc2c(cc1N)CNN2. The number of hydrazine groups is 1. The summed E-state index contributed by atoms with van der Waals surface area (Å²) in [6.45, 7) is 1.84. The van der Waals surface area contributed by atoms with Crippen LogP contribution in [0.25, 0.3) is 10.4 Å². The highest BCUT2D eigenvalue weighted by molar-refractivity contribution is 5.67. The molecule has 0 radical (unpaired) electrons. The largest absolute Gasteiger partial charge is 0.491 e. The lowest BCUT2D eigenvalue weighted by atomic mass is 10.1. The summed E-state index contributed by atoms with van der Waals surface area (Å²) in [6.07, 6.45) is 1.65. The number of hydrogen-bond acceptors (Lipinski definition) is 5. The Morgan fingerprint density at radius 3 is 3.17 bits per heavy atom. The fourth-order valence-electron chi connectivity index (χ4n) is 1.78. The van der Waals surface area contributed by atoms with E-state index < -0.39 is 0 Å². The van der Waals surface area contributed by atoms with Gasteiger partial charge in [-0.3, -0.25) is 0 Å². The molecule has 1 heterocycles. The second-order valence-corrected chi connectivity index (χ2v) is 4.04. The fraction of sp³-hybridized carbons (Fsp3) is 0.455. The third-order valence-corrected chi connectivity index (χ3v) is 2.71. The first-order chi connectivity index (χ1) is 8.81. The number of nitrogens with two attached hydrogens (primary N) is 1. The molecule has 0 amide bonds. The molecule has 4 N–H and O–H groups in total. The summed E-state index contributed by atoms with van der Waals surface area (Å²) in [5, 5.41) is 3.46. The van der Waals surface area contributed by atoms with Crippen LogP contribution in [0.2, 0.25) is 0 Å². The van der Waals surface area contributed by atoms with Gasteiger partial charge in [-0.25, -0.2) is 5.43 Å². The second kappa shape index (κ2) is 6.00. The summed E-state index contributed by atoms with van der Waals surface area (Å²) in [7, 11) is 0. The number of hydrogen-bond donors (Lipinski definition) is 3. The molecule has 7 nitrogen and oxygen atoms in total. The molecule has 1 aromatic rings. The van der Waals surface area contributed by atoms with Crippen LogP contribution in [-0.4, -0.2) is 13.2 Å². The Balaban J connectivity index is 1.84. The number of nitrogen functional groups attached to an aromatic ring is 1. The normalized spacial score (nSPS) is 12.4. The van der Waals surface area contributed by atoms with Gasteiger partial charge < -0.3 is 15.9 Å². The maximum Gasteiger partial charge on any atom is 0.144 e. The van der Waals surface area contributed by atoms with Crippen molar-refractivity contribution in [1.29, 1.82) is 0 Å². The maximum absolute atomic E-state index is 8.12. The van der Waals surface area contributed by atoms with Gasteiger partial charge in [-0.2, -0.15) is 0 Å². The van der Waals surface area contributed by atoms with Crippen LogP contribution in [0.4, 0.5) is 11.4 Å². The van der Waals surface area contributed by atoms with E-state index in [4.69, 9.17) is 16.0 Å². The molecule has 0 bridgehead atoms. The molecule has 0 aliphatic carbocycles. The lowest BCUT2D eigenvalue weighted by Crippen LogP contribution is -2.10. The van der Waals surface area contributed by atoms with Crippen molar-refractivity contribution in [3.8, 4) is 5.75 Å². The molecule has 0 aromatic heterocycles. The highest BCUT2D eigenvalue weighted by atomic mass is 16.5. The summed E-state index contributed by atoms with van der Waals surface area (Å²) in [4.78, 5) is 2.69. The maximum atomic E-state index is 8.12. The molecule has 1 aliphatic heterocycles. The molecule has 7 heteroatoms. The summed E-state index contributed by atoms with van der Waals surface area (Å²) < 4.78 is 5.61. The molecule has 96 valence electrons. The van der Waals surface area contributed by atoms with Crippen molar-refractivity contribution in [2.75, 3.05) is 24.3 Å². The van der Waals surface area contributed by atoms with E-state index in [-0.39, 0.29) is 0 Å². The summed E-state index contributed by atoms with van der Waals surface area (Å²) in [6, 6.07) is 3.82. The molecule has 2 rings (SSSR count). The van der Waals surface area contributed by atoms with Gasteiger partial charge in [-0.05, 0) is 30.0 Å². The summed E-state index contributed by atoms with van der Waals surface area (Å²) >= 11 is 0. The van der Waals surface area contributed by atoms with E-state index in [9.17, 15) is 0 Å². The average molecular weight is 248 g/mol. The van der Waals surface area contributed by atoms with E-state index in [1.807, 2.05) is 12.1 Å². The first-order valence-electron chi connectivity index (χ1n) is 5.86. The molecule has 0 spiro atoms. The van der Waals surface area contributed by atoms with E-state index in [1.54, 1.807) is 0 Å². The highest BCUT2D eigenvalue weighted by Crippen LogP contribution is 2.31. The Morgan fingerprint density at radius 2 is 2.33 bits per heavy atom. The number of unbranched alkanes of at least 4 members (excludes halogenated alkanes) is 1. The third-order valence-electron chi connectivity index (χ3n) is 2.71. The molecule has 1 aromatic carbocycles. The third kappa shape index (κ3) is 2.97. The van der Waals surface area contributed by atoms with Gasteiger partial charge in [0, 0.05) is 24.1 Å². The molecule has 0 saturated heterocycles. The molecular formula is C11H16N6O. The average Bonchev–Trinajstić information content (AvgIpc) is 2.80. The first-order valence-corrected chi connectivity index (χ1v) is 5.86. The van der Waals surface area contributed by atoms with Gasteiger partial charge in [-0.15, -0.1) is 0 Å². The van der Waals surface area contributed by atoms with Crippen LogP contribution in [0.5, 0.6) is 5.75 Å². The van der Waals surface area contributed by atoms with Crippen LogP contribution in [0.15, 0.2) is 17.2 Å². The Kier molecular flexibility index (Phi) is 4.11. The standard InChI is InChI=1S/C11H16N6O/c12-9-5-8-7-15-16-10(8)6-11(9)18-4-2-1-3-14-17-13/h5-6,15-16H,1-4,7,12H2. The van der Waals surface area contributed by atoms with Crippen molar-refractivity contribution in [3.05, 3.63) is 28.1 Å². The molecule has 18 heavy (non-hydrogen) atoms. The zero-order valence-corrected chi connectivity index (χ0v) is 10.0. The van der Waals surface area contributed by atoms with Gasteiger partial charge >= 0.3 is 0 Å². The van der Waals surface area contributed by atoms with Crippen molar-refractivity contribution in [3.63, 3.8) is 0 Å². The predicted octanol–water partition coefficient (Wildman–Crippen LogP) is 2.17. The Hall–Kier alpha value is -2.11. The van der Waals surface area contributed by atoms with Crippen molar-refractivity contribution in [2.24, 2.45) is 5.11 Å². The predicted molar refractivity (Wildman–Crippen MR) is 70.1 cm³/mol. The van der Waals surface area contributed by atoms with Crippen molar-refractivity contribution >= 4 is 11.4 Å². The summed E-state index contributed by atoms with van der Waals surface area (Å²) in [5.74, 6) is 0.689. The second-order valence-electron chi connectivity index (χ2n) is 4.04. The van der Waals surface area contributed by atoms with Gasteiger partial charge in [0.05, 0.1) is 18.0 Å². The van der Waals surface area contributed by atoms with E-state index in [1.165, 1.54) is 0 Å². The number of azide groups is 1. The van der Waals surface area contributed by atoms with Crippen molar-refractivity contribution in [1.82, 2.24) is 5.43 Å². The molecule has 0 unspecified atom stereocenters. The number of benzene rings is 1. The van der Waals surface area contributed by atoms with Crippen LogP contribution in [0.3, 0.4) is 0 Å². The van der Waals surface area contributed by atoms with Crippen LogP contribution < -0.4 is 21.3 Å². The van der Waals surface area contributed by atoms with Crippen LogP contribution in [0.1, 0.15) is 18.4 Å². The molecule has 0 atom stereocenters. The van der Waals surface area contributed by atoms with Crippen LogP contribution in [-0.2, 0) is 6.54 Å². The van der Waals surface area contributed by atoms with E-state index in [2.05, 4.69) is 20.9 Å². The first kappa shape index (κ1) is 12.3. The Bertz CT molecular complexity index is 469. The lowest BCUT2D eigenvalue weighted by molar-refractivity contribution is 0.309. The monoisotopic (exact) mass is 248 g/mol. The van der Waals surface area contributed by atoms with Crippen molar-refractivity contribution < 1.29 is 4.74 Å².